The summed E-state index contributed by atoms with van der Waals surface area (Å²) in [5.74, 6) is 2.00. The molecule has 3 heterocycles. The van der Waals surface area contributed by atoms with Crippen molar-refractivity contribution in [3.05, 3.63) is 118 Å². The van der Waals surface area contributed by atoms with E-state index in [1.165, 1.54) is 11.8 Å². The van der Waals surface area contributed by atoms with Gasteiger partial charge in [-0.05, 0) is 66.6 Å². The molecule has 0 saturated heterocycles. The first-order chi connectivity index (χ1) is 16.7. The largest absolute Gasteiger partial charge is 0.487 e. The molecule has 3 aromatic heterocycles. The van der Waals surface area contributed by atoms with Gasteiger partial charge in [0, 0.05) is 18.1 Å². The number of nitrogens with zero attached hydrogens (tertiary/aromatic N) is 4. The number of hydrogen-bond acceptors (Lipinski definition) is 6. The molecular weight excluding hydrogens is 444 g/mol. The highest BCUT2D eigenvalue weighted by atomic mass is 32.2. The van der Waals surface area contributed by atoms with E-state index in [0.717, 1.165) is 22.6 Å². The minimum absolute atomic E-state index is 0.121. The van der Waals surface area contributed by atoms with Crippen molar-refractivity contribution < 1.29 is 4.74 Å². The quantitative estimate of drug-likeness (QED) is 0.238. The molecule has 0 aliphatic carbocycles. The topological polar surface area (TPSA) is 69.9 Å². The fourth-order valence-corrected chi connectivity index (χ4v) is 4.48. The van der Waals surface area contributed by atoms with Crippen molar-refractivity contribution in [2.75, 3.05) is 0 Å². The van der Waals surface area contributed by atoms with Crippen molar-refractivity contribution in [3.63, 3.8) is 0 Å². The Morgan fingerprint density at radius 1 is 0.912 bits per heavy atom. The van der Waals surface area contributed by atoms with Crippen LogP contribution >= 0.6 is 11.8 Å². The van der Waals surface area contributed by atoms with Gasteiger partial charge in [-0.15, -0.1) is 0 Å². The Morgan fingerprint density at radius 2 is 1.74 bits per heavy atom. The number of thioether (sulfide) groups is 1. The molecule has 5 aromatic rings. The molecule has 0 radical (unpaired) electrons. The second kappa shape index (κ2) is 9.89. The first kappa shape index (κ1) is 21.9. The van der Waals surface area contributed by atoms with Crippen LogP contribution in [0.5, 0.6) is 5.75 Å². The Hall–Kier alpha value is -3.97. The van der Waals surface area contributed by atoms with Gasteiger partial charge >= 0.3 is 0 Å². The predicted octanol–water partition coefficient (Wildman–Crippen LogP) is 5.36. The Bertz CT molecular complexity index is 1480. The summed E-state index contributed by atoms with van der Waals surface area (Å²) in [6, 6.07) is 24.9. The summed E-state index contributed by atoms with van der Waals surface area (Å²) in [6.07, 6.45) is 3.47. The van der Waals surface area contributed by atoms with Crippen LogP contribution in [-0.4, -0.2) is 19.5 Å². The number of hydrogen-bond donors (Lipinski definition) is 0. The summed E-state index contributed by atoms with van der Waals surface area (Å²) < 4.78 is 7.43. The lowest BCUT2D eigenvalue weighted by molar-refractivity contribution is 0.301. The van der Waals surface area contributed by atoms with E-state index >= 15 is 0 Å². The number of rotatable bonds is 7. The van der Waals surface area contributed by atoms with Crippen LogP contribution in [0.3, 0.4) is 0 Å². The standard InChI is InChI=1S/C27H22N4O2S/c1-19-13-15-29-25(16-19)31-26(32)23-7-2-3-8-24(23)30-27(31)34-18-20-9-11-22(12-10-20)33-17-21-6-4-5-14-28-21/h2-16H,17-18H2,1H3. The van der Waals surface area contributed by atoms with Gasteiger partial charge in [-0.2, -0.15) is 0 Å². The second-order valence-electron chi connectivity index (χ2n) is 7.79. The molecule has 168 valence electrons. The van der Waals surface area contributed by atoms with Crippen LogP contribution in [0.1, 0.15) is 16.8 Å². The summed E-state index contributed by atoms with van der Waals surface area (Å²) in [5, 5.41) is 1.18. The van der Waals surface area contributed by atoms with Gasteiger partial charge in [0.25, 0.3) is 5.56 Å². The summed E-state index contributed by atoms with van der Waals surface area (Å²) in [6.45, 7) is 2.40. The summed E-state index contributed by atoms with van der Waals surface area (Å²) in [7, 11) is 0. The minimum atomic E-state index is -0.121. The predicted molar refractivity (Wildman–Crippen MR) is 134 cm³/mol. The van der Waals surface area contributed by atoms with Crippen molar-refractivity contribution in [2.45, 2.75) is 24.4 Å². The summed E-state index contributed by atoms with van der Waals surface area (Å²) in [5.41, 5.74) is 3.57. The zero-order valence-corrected chi connectivity index (χ0v) is 19.4. The Morgan fingerprint density at radius 3 is 2.53 bits per heavy atom. The van der Waals surface area contributed by atoms with Crippen LogP contribution < -0.4 is 10.3 Å². The monoisotopic (exact) mass is 466 g/mol. The van der Waals surface area contributed by atoms with Gasteiger partial charge in [0.15, 0.2) is 5.16 Å². The highest BCUT2D eigenvalue weighted by Gasteiger charge is 2.14. The SMILES string of the molecule is Cc1ccnc(-n2c(SCc3ccc(OCc4ccccn4)cc3)nc3ccccc3c2=O)c1. The maximum Gasteiger partial charge on any atom is 0.267 e. The Labute approximate surface area is 201 Å². The molecule has 6 nitrogen and oxygen atoms in total. The van der Waals surface area contributed by atoms with Gasteiger partial charge in [0.05, 0.1) is 16.6 Å². The molecule has 0 fully saturated rings. The third-order valence-electron chi connectivity index (χ3n) is 5.28. The van der Waals surface area contributed by atoms with E-state index in [2.05, 4.69) is 9.97 Å². The first-order valence-corrected chi connectivity index (χ1v) is 11.9. The van der Waals surface area contributed by atoms with Crippen LogP contribution in [0.2, 0.25) is 0 Å². The number of benzene rings is 2. The van der Waals surface area contributed by atoms with Crippen molar-refractivity contribution in [3.8, 4) is 11.6 Å². The zero-order valence-electron chi connectivity index (χ0n) is 18.6. The lowest BCUT2D eigenvalue weighted by Gasteiger charge is -2.13. The van der Waals surface area contributed by atoms with Crippen molar-refractivity contribution >= 4 is 22.7 Å². The number of para-hydroxylation sites is 1. The molecule has 7 heteroatoms. The molecule has 0 aliphatic heterocycles. The lowest BCUT2D eigenvalue weighted by atomic mass is 10.2. The molecule has 0 amide bonds. The lowest BCUT2D eigenvalue weighted by Crippen LogP contribution is -2.22. The van der Waals surface area contributed by atoms with E-state index in [9.17, 15) is 4.79 Å². The number of ether oxygens (including phenoxy) is 1. The van der Waals surface area contributed by atoms with Crippen LogP contribution in [0.25, 0.3) is 16.7 Å². The van der Waals surface area contributed by atoms with E-state index in [1.807, 2.05) is 79.7 Å². The van der Waals surface area contributed by atoms with Gasteiger partial charge in [0.2, 0.25) is 0 Å². The number of fused-ring (bicyclic) bond motifs is 1. The van der Waals surface area contributed by atoms with Gasteiger partial charge in [-0.1, -0.05) is 42.1 Å². The molecule has 0 bridgehead atoms. The zero-order chi connectivity index (χ0) is 23.3. The van der Waals surface area contributed by atoms with Crippen molar-refractivity contribution in [1.29, 1.82) is 0 Å². The second-order valence-corrected chi connectivity index (χ2v) is 8.73. The third kappa shape index (κ3) is 4.84. The first-order valence-electron chi connectivity index (χ1n) is 10.9. The molecule has 0 atom stereocenters. The van der Waals surface area contributed by atoms with Gasteiger partial charge < -0.3 is 4.74 Å². The molecular formula is C27H22N4O2S. The molecule has 0 spiro atoms. The van der Waals surface area contributed by atoms with Gasteiger partial charge in [-0.3, -0.25) is 9.78 Å². The van der Waals surface area contributed by atoms with Gasteiger partial charge in [0.1, 0.15) is 18.2 Å². The molecule has 5 rings (SSSR count). The fraction of sp³-hybridized carbons (Fsp3) is 0.111. The summed E-state index contributed by atoms with van der Waals surface area (Å²) in [4.78, 5) is 26.9. The maximum absolute atomic E-state index is 13.4. The van der Waals surface area contributed by atoms with Crippen molar-refractivity contribution in [2.24, 2.45) is 0 Å². The molecule has 0 N–H and O–H groups in total. The number of pyridine rings is 2. The molecule has 0 unspecified atom stereocenters. The molecule has 0 aliphatic rings. The van der Waals surface area contributed by atoms with Crippen LogP contribution in [-0.2, 0) is 12.4 Å². The van der Waals surface area contributed by atoms with E-state index in [1.54, 1.807) is 23.0 Å². The fourth-order valence-electron chi connectivity index (χ4n) is 3.52. The number of aryl methyl sites for hydroxylation is 1. The smallest absolute Gasteiger partial charge is 0.267 e. The minimum Gasteiger partial charge on any atom is -0.487 e. The Balaban J connectivity index is 1.38. The molecule has 0 saturated carbocycles. The average molecular weight is 467 g/mol. The van der Waals surface area contributed by atoms with Gasteiger partial charge in [-0.25, -0.2) is 14.5 Å². The average Bonchev–Trinajstić information content (AvgIpc) is 2.87. The number of aromatic nitrogens is 4. The van der Waals surface area contributed by atoms with E-state index < -0.39 is 0 Å². The normalized spacial score (nSPS) is 11.0. The van der Waals surface area contributed by atoms with E-state index in [-0.39, 0.29) is 5.56 Å². The highest BCUT2D eigenvalue weighted by molar-refractivity contribution is 7.98. The maximum atomic E-state index is 13.4. The molecule has 34 heavy (non-hydrogen) atoms. The highest BCUT2D eigenvalue weighted by Crippen LogP contribution is 2.25. The summed E-state index contributed by atoms with van der Waals surface area (Å²) >= 11 is 1.51. The van der Waals surface area contributed by atoms with E-state index in [4.69, 9.17) is 9.72 Å². The van der Waals surface area contributed by atoms with Crippen LogP contribution in [0, 0.1) is 6.92 Å². The van der Waals surface area contributed by atoms with Crippen LogP contribution in [0.15, 0.2) is 101 Å². The van der Waals surface area contributed by atoms with E-state index in [0.29, 0.717) is 34.2 Å². The van der Waals surface area contributed by atoms with Crippen molar-refractivity contribution in [1.82, 2.24) is 19.5 Å². The van der Waals surface area contributed by atoms with Crippen LogP contribution in [0.4, 0.5) is 0 Å². The molecule has 2 aromatic carbocycles. The Kier molecular flexibility index (Phi) is 6.35. The third-order valence-corrected chi connectivity index (χ3v) is 6.29.